The number of carbonyl (C=O) groups excluding carboxylic acids is 3. The number of hydrogen-bond donors (Lipinski definition) is 4. The first-order chi connectivity index (χ1) is 16.9. The Morgan fingerprint density at radius 3 is 2.80 bits per heavy atom. The molecule has 1 atom stereocenters. The third-order valence-electron chi connectivity index (χ3n) is 5.17. The summed E-state index contributed by atoms with van der Waals surface area (Å²) in [5.41, 5.74) is 6.34. The van der Waals surface area contributed by atoms with E-state index in [2.05, 4.69) is 20.4 Å². The van der Waals surface area contributed by atoms with E-state index in [0.717, 1.165) is 6.34 Å². The van der Waals surface area contributed by atoms with Crippen molar-refractivity contribution in [3.63, 3.8) is 0 Å². The van der Waals surface area contributed by atoms with Crippen LogP contribution in [0.4, 0.5) is 25.5 Å². The molecule has 1 aliphatic rings. The number of methoxy groups -OCH3 is 1. The average molecular weight is 487 g/mol. The number of nitrogens with two attached hydrogens (primary N) is 1. The molecule has 3 amide bonds. The summed E-state index contributed by atoms with van der Waals surface area (Å²) in [6.45, 7) is 0.687. The summed E-state index contributed by atoms with van der Waals surface area (Å²) in [4.78, 5) is 41.7. The predicted octanol–water partition coefficient (Wildman–Crippen LogP) is 1.06. The summed E-state index contributed by atoms with van der Waals surface area (Å²) in [6.07, 6.45) is 0.670. The van der Waals surface area contributed by atoms with Crippen LogP contribution in [0.5, 0.6) is 0 Å². The summed E-state index contributed by atoms with van der Waals surface area (Å²) in [5, 5.41) is 12.6. The number of nitrogens with one attached hydrogen (secondary N) is 3. The van der Waals surface area contributed by atoms with Crippen LogP contribution in [0.25, 0.3) is 11.1 Å². The summed E-state index contributed by atoms with van der Waals surface area (Å²) < 4.78 is 24.6. The number of ether oxygens (including phenoxy) is 2. The second kappa shape index (κ2) is 11.7. The van der Waals surface area contributed by atoms with Crippen molar-refractivity contribution in [2.24, 2.45) is 5.73 Å². The number of halogens is 1. The Bertz CT molecular complexity index is 1080. The van der Waals surface area contributed by atoms with Gasteiger partial charge in [-0.2, -0.15) is 0 Å². The Balaban J connectivity index is 1.66. The zero-order valence-electron chi connectivity index (χ0n) is 19.0. The molecule has 35 heavy (non-hydrogen) atoms. The smallest absolute Gasteiger partial charge is 0.414 e. The molecule has 2 heterocycles. The number of nitrogens with zero attached hydrogens (tertiary/aromatic N) is 3. The number of rotatable bonds is 10. The summed E-state index contributed by atoms with van der Waals surface area (Å²) in [5.74, 6) is -0.406. The van der Waals surface area contributed by atoms with E-state index in [0.29, 0.717) is 23.6 Å². The van der Waals surface area contributed by atoms with Gasteiger partial charge in [-0.25, -0.2) is 19.0 Å². The van der Waals surface area contributed by atoms with Crippen molar-refractivity contribution in [2.45, 2.75) is 6.10 Å². The molecule has 186 valence electrons. The standard InChI is InChI=1S/C22H26FN7O5/c1-34-21(32)28-11-16-12-30(22(33)35-16)15-3-4-17(18(23)8-15)14-2-5-19(27-10-14)29(13-25)7-6-26-20(31)9-24/h2-5,8,10,13,16,25H,6-7,9,11-12,24H2,1H3,(H,26,31)(H,28,32). The van der Waals surface area contributed by atoms with E-state index in [9.17, 15) is 18.8 Å². The van der Waals surface area contributed by atoms with E-state index in [-0.39, 0.29) is 37.6 Å². The highest BCUT2D eigenvalue weighted by atomic mass is 19.1. The van der Waals surface area contributed by atoms with Gasteiger partial charge in [-0.3, -0.25) is 15.1 Å². The molecule has 3 rings (SSSR count). The highest BCUT2D eigenvalue weighted by Gasteiger charge is 2.33. The summed E-state index contributed by atoms with van der Waals surface area (Å²) in [7, 11) is 1.23. The van der Waals surface area contributed by atoms with Crippen LogP contribution in [-0.2, 0) is 14.3 Å². The fourth-order valence-corrected chi connectivity index (χ4v) is 3.36. The van der Waals surface area contributed by atoms with Gasteiger partial charge in [-0.05, 0) is 30.3 Å². The number of anilines is 2. The van der Waals surface area contributed by atoms with E-state index in [1.165, 1.54) is 35.2 Å². The molecule has 1 aromatic heterocycles. The van der Waals surface area contributed by atoms with Gasteiger partial charge in [0.2, 0.25) is 5.91 Å². The predicted molar refractivity (Wildman–Crippen MR) is 126 cm³/mol. The van der Waals surface area contributed by atoms with E-state index in [1.807, 2.05) is 0 Å². The van der Waals surface area contributed by atoms with Gasteiger partial charge in [0.05, 0.1) is 38.8 Å². The molecule has 2 aromatic rings. The van der Waals surface area contributed by atoms with Crippen molar-refractivity contribution in [3.8, 4) is 11.1 Å². The van der Waals surface area contributed by atoms with Crippen LogP contribution in [-0.4, -0.2) is 75.4 Å². The minimum absolute atomic E-state index is 0.0691. The van der Waals surface area contributed by atoms with Crippen molar-refractivity contribution >= 4 is 35.9 Å². The highest BCUT2D eigenvalue weighted by Crippen LogP contribution is 2.29. The summed E-state index contributed by atoms with van der Waals surface area (Å²) in [6, 6.07) is 7.65. The molecule has 0 radical (unpaired) electrons. The molecule has 1 aliphatic heterocycles. The minimum atomic E-state index is -0.644. The van der Waals surface area contributed by atoms with Crippen molar-refractivity contribution in [2.75, 3.05) is 49.6 Å². The second-order valence-corrected chi connectivity index (χ2v) is 7.43. The van der Waals surface area contributed by atoms with Gasteiger partial charge in [-0.1, -0.05) is 0 Å². The molecule has 1 unspecified atom stereocenters. The van der Waals surface area contributed by atoms with Gasteiger partial charge >= 0.3 is 12.2 Å². The van der Waals surface area contributed by atoms with Gasteiger partial charge in [0.1, 0.15) is 17.7 Å². The number of hydrogen-bond acceptors (Lipinski definition) is 8. The third kappa shape index (κ3) is 6.41. The maximum absolute atomic E-state index is 14.9. The number of carbonyl (C=O) groups is 3. The molecule has 1 aromatic carbocycles. The maximum Gasteiger partial charge on any atom is 0.414 e. The molecule has 0 saturated carbocycles. The van der Waals surface area contributed by atoms with Gasteiger partial charge in [-0.15, -0.1) is 0 Å². The lowest BCUT2D eigenvalue weighted by Crippen LogP contribution is -2.37. The Morgan fingerprint density at radius 2 is 2.17 bits per heavy atom. The topological polar surface area (TPSA) is 163 Å². The monoisotopic (exact) mass is 487 g/mol. The lowest BCUT2D eigenvalue weighted by molar-refractivity contribution is -0.119. The Morgan fingerprint density at radius 1 is 1.37 bits per heavy atom. The number of alkyl carbamates (subject to hydrolysis) is 1. The van der Waals surface area contributed by atoms with Crippen LogP contribution in [0.1, 0.15) is 0 Å². The van der Waals surface area contributed by atoms with Gasteiger partial charge in [0.25, 0.3) is 0 Å². The van der Waals surface area contributed by atoms with Gasteiger partial charge in [0.15, 0.2) is 0 Å². The zero-order valence-corrected chi connectivity index (χ0v) is 19.0. The number of cyclic esters (lactones) is 1. The normalized spacial score (nSPS) is 14.8. The molecule has 5 N–H and O–H groups in total. The first kappa shape index (κ1) is 25.4. The minimum Gasteiger partial charge on any atom is -0.453 e. The first-order valence-electron chi connectivity index (χ1n) is 10.7. The molecule has 12 nitrogen and oxygen atoms in total. The molecular weight excluding hydrogens is 461 g/mol. The molecule has 1 saturated heterocycles. The molecule has 13 heteroatoms. The highest BCUT2D eigenvalue weighted by molar-refractivity contribution is 5.90. The second-order valence-electron chi connectivity index (χ2n) is 7.43. The Labute approximate surface area is 200 Å². The van der Waals surface area contributed by atoms with Gasteiger partial charge < -0.3 is 30.7 Å². The Kier molecular flexibility index (Phi) is 8.51. The average Bonchev–Trinajstić information content (AvgIpc) is 3.25. The van der Waals surface area contributed by atoms with Crippen molar-refractivity contribution in [1.29, 1.82) is 5.41 Å². The van der Waals surface area contributed by atoms with Crippen LogP contribution < -0.4 is 26.2 Å². The molecule has 0 aliphatic carbocycles. The van der Waals surface area contributed by atoms with Crippen molar-refractivity contribution in [1.82, 2.24) is 15.6 Å². The molecule has 0 bridgehead atoms. The van der Waals surface area contributed by atoms with Crippen LogP contribution >= 0.6 is 0 Å². The third-order valence-corrected chi connectivity index (χ3v) is 5.17. The molecule has 1 fully saturated rings. The number of benzene rings is 1. The first-order valence-corrected chi connectivity index (χ1v) is 10.7. The van der Waals surface area contributed by atoms with E-state index >= 15 is 0 Å². The van der Waals surface area contributed by atoms with Crippen molar-refractivity contribution < 1.29 is 28.2 Å². The van der Waals surface area contributed by atoms with E-state index in [1.54, 1.807) is 18.2 Å². The zero-order chi connectivity index (χ0) is 25.4. The lowest BCUT2D eigenvalue weighted by atomic mass is 10.1. The number of amides is 3. The van der Waals surface area contributed by atoms with Crippen LogP contribution in [0, 0.1) is 11.2 Å². The lowest BCUT2D eigenvalue weighted by Gasteiger charge is -2.18. The summed E-state index contributed by atoms with van der Waals surface area (Å²) >= 11 is 0. The largest absolute Gasteiger partial charge is 0.453 e. The van der Waals surface area contributed by atoms with Crippen LogP contribution in [0.2, 0.25) is 0 Å². The quantitative estimate of drug-likeness (QED) is 0.285. The molecular formula is C22H26FN7O5. The Hall–Kier alpha value is -4.26. The van der Waals surface area contributed by atoms with Crippen LogP contribution in [0.15, 0.2) is 36.5 Å². The fourth-order valence-electron chi connectivity index (χ4n) is 3.36. The van der Waals surface area contributed by atoms with E-state index < -0.39 is 24.1 Å². The fraction of sp³-hybridized carbons (Fsp3) is 0.318. The SMILES string of the molecule is COC(=O)NCC1CN(c2ccc(-c3ccc(N(C=N)CCNC(=O)CN)nc3)c(F)c2)C(=O)O1. The van der Waals surface area contributed by atoms with Crippen LogP contribution in [0.3, 0.4) is 0 Å². The maximum atomic E-state index is 14.9. The van der Waals surface area contributed by atoms with Gasteiger partial charge in [0, 0.05) is 30.4 Å². The molecule has 0 spiro atoms. The van der Waals surface area contributed by atoms with Crippen molar-refractivity contribution in [3.05, 3.63) is 42.3 Å². The van der Waals surface area contributed by atoms with E-state index in [4.69, 9.17) is 15.9 Å². The number of aromatic nitrogens is 1. The number of pyridine rings is 1.